The zero-order valence-corrected chi connectivity index (χ0v) is 51.4. The van der Waals surface area contributed by atoms with Crippen LogP contribution in [0.15, 0.2) is 60.8 Å². The smallest absolute Gasteiger partial charge is 0.246 e. The van der Waals surface area contributed by atoms with Gasteiger partial charge in [0.1, 0.15) is 17.7 Å². The number of nitrogens with two attached hydrogens (primary N) is 1. The van der Waals surface area contributed by atoms with Gasteiger partial charge in [0.15, 0.2) is 0 Å². The quantitative estimate of drug-likeness (QED) is 0.0243. The molecule has 3 atom stereocenters. The summed E-state index contributed by atoms with van der Waals surface area (Å²) in [5.74, 6) is -3.53. The minimum atomic E-state index is -1.34. The molecule has 21 heteroatoms. The van der Waals surface area contributed by atoms with E-state index in [2.05, 4.69) is 55.9 Å². The van der Waals surface area contributed by atoms with E-state index in [4.69, 9.17) is 25.1 Å². The van der Waals surface area contributed by atoms with Gasteiger partial charge in [-0.25, -0.2) is 8.78 Å². The SMILES string of the molecule is CC.CCC.CCCC(C)CC.CCCN(CC(=O)NCC(=O)NCCCN(C=O)C(c1cc(-c2cc(F)ccc2F)cn1Cc1ccccc1)C(C)(C)C)C(=O)C(CC(N)=O)NC(=O)CCOCCOCCOCCNC=O.CCO. The fourth-order valence-electron chi connectivity index (χ4n) is 7.87. The number of nitrogens with one attached hydrogen (secondary N) is 4. The van der Waals surface area contributed by atoms with Crippen molar-refractivity contribution in [3.8, 4) is 11.1 Å². The lowest BCUT2D eigenvalue weighted by molar-refractivity contribution is -0.141. The Balaban J connectivity index is 0. The van der Waals surface area contributed by atoms with E-state index < -0.39 is 78.2 Å². The largest absolute Gasteiger partial charge is 0.397 e. The van der Waals surface area contributed by atoms with Gasteiger partial charge in [-0.3, -0.25) is 33.6 Å². The van der Waals surface area contributed by atoms with Crippen molar-refractivity contribution in [1.82, 2.24) is 35.6 Å². The molecule has 0 fully saturated rings. The lowest BCUT2D eigenvalue weighted by Crippen LogP contribution is -2.53. The lowest BCUT2D eigenvalue weighted by atomic mass is 9.83. The molecule has 3 unspecified atom stereocenters. The second-order valence-electron chi connectivity index (χ2n) is 20.0. The Morgan fingerprint density at radius 3 is 1.94 bits per heavy atom. The number of hydrogen-bond acceptors (Lipinski definition) is 11. The molecule has 0 aliphatic rings. The highest BCUT2D eigenvalue weighted by Gasteiger charge is 2.34. The van der Waals surface area contributed by atoms with Crippen molar-refractivity contribution in [2.24, 2.45) is 17.1 Å². The van der Waals surface area contributed by atoms with Gasteiger partial charge in [-0.1, -0.05) is 132 Å². The maximum absolute atomic E-state index is 15.0. The molecule has 0 aliphatic carbocycles. The fraction of sp³-hybridized carbons (Fsp3) is 0.623. The molecule has 1 aromatic heterocycles. The minimum Gasteiger partial charge on any atom is -0.397 e. The van der Waals surface area contributed by atoms with Crippen LogP contribution >= 0.6 is 0 Å². The molecule has 466 valence electrons. The molecule has 0 spiro atoms. The number of amides is 7. The molecular formula is C61H102F2N8O11. The number of rotatable bonds is 36. The number of nitrogens with zero attached hydrogens (tertiary/aromatic N) is 3. The number of halogens is 2. The normalized spacial score (nSPS) is 11.6. The third kappa shape index (κ3) is 35.5. The zero-order chi connectivity index (χ0) is 62.3. The highest BCUT2D eigenvalue weighted by atomic mass is 19.1. The van der Waals surface area contributed by atoms with Crippen LogP contribution in [0.25, 0.3) is 11.1 Å². The Labute approximate surface area is 488 Å². The lowest BCUT2D eigenvalue weighted by Gasteiger charge is -2.39. The number of carbonyl (C=O) groups is 7. The second-order valence-corrected chi connectivity index (χ2v) is 20.0. The number of hydrogen-bond donors (Lipinski definition) is 6. The third-order valence-corrected chi connectivity index (χ3v) is 11.6. The first-order valence-electron chi connectivity index (χ1n) is 29.0. The van der Waals surface area contributed by atoms with Gasteiger partial charge in [0.05, 0.1) is 65.2 Å². The number of ether oxygens (including phenoxy) is 3. The van der Waals surface area contributed by atoms with Crippen molar-refractivity contribution in [2.75, 3.05) is 85.5 Å². The van der Waals surface area contributed by atoms with Crippen molar-refractivity contribution >= 4 is 42.4 Å². The molecule has 7 N–H and O–H groups in total. The van der Waals surface area contributed by atoms with Crippen LogP contribution in [0.5, 0.6) is 0 Å². The highest BCUT2D eigenvalue weighted by molar-refractivity contribution is 5.94. The monoisotopic (exact) mass is 1160 g/mol. The van der Waals surface area contributed by atoms with Gasteiger partial charge in [-0.15, -0.1) is 0 Å². The van der Waals surface area contributed by atoms with Crippen LogP contribution in [0.4, 0.5) is 8.78 Å². The van der Waals surface area contributed by atoms with Gasteiger partial charge in [-0.2, -0.15) is 0 Å². The van der Waals surface area contributed by atoms with E-state index in [9.17, 15) is 38.0 Å². The van der Waals surface area contributed by atoms with Crippen LogP contribution in [0, 0.1) is 23.0 Å². The fourth-order valence-corrected chi connectivity index (χ4v) is 7.87. The van der Waals surface area contributed by atoms with Crippen molar-refractivity contribution in [3.63, 3.8) is 0 Å². The summed E-state index contributed by atoms with van der Waals surface area (Å²) in [5, 5.41) is 17.8. The standard InChI is InChI=1S/C47H66F2N8O10.C7H16.C3H8.C2H6O.C2H6/c1-5-17-55(46(64)39(27-41(50)60)54-42(61)14-19-65-21-23-67-24-22-66-20-16-51-32-58)31-44(63)53-28-43(62)52-15-9-18-56(33-59)45(47(2,3)4)40-25-35(37-26-36(48)12-13-38(37)49)30-57(40)29-34-10-7-6-8-11-34;1-4-6-7(3)5-2;1-3-2;1-2-3;1-2/h6-8,10-13,25-26,30,32-33,39,45H,5,9,14-24,27-29,31H2,1-4H3,(H2,50,60)(H,51,58)(H,52,62)(H,53,63)(H,54,61);7H,4-6H2,1-3H3;3H2,1-2H3;3H,2H2,1H3;1-2H3. The molecule has 0 bridgehead atoms. The van der Waals surface area contributed by atoms with Gasteiger partial charge < -0.3 is 60.7 Å². The molecule has 0 radical (unpaired) electrons. The summed E-state index contributed by atoms with van der Waals surface area (Å²) >= 11 is 0. The molecule has 3 aromatic rings. The Bertz CT molecular complexity index is 2190. The average Bonchev–Trinajstić information content (AvgIpc) is 4.11. The number of aliphatic hydroxyl groups is 1. The molecule has 2 aromatic carbocycles. The number of benzene rings is 2. The summed E-state index contributed by atoms with van der Waals surface area (Å²) in [7, 11) is 0. The van der Waals surface area contributed by atoms with Crippen LogP contribution in [0.3, 0.4) is 0 Å². The Morgan fingerprint density at radius 2 is 1.40 bits per heavy atom. The van der Waals surface area contributed by atoms with Gasteiger partial charge in [0, 0.05) is 68.8 Å². The van der Waals surface area contributed by atoms with Gasteiger partial charge in [0.25, 0.3) is 0 Å². The summed E-state index contributed by atoms with van der Waals surface area (Å²) in [4.78, 5) is 89.6. The number of aromatic nitrogens is 1. The molecule has 19 nitrogen and oxygen atoms in total. The number of aliphatic hydroxyl groups excluding tert-OH is 1. The van der Waals surface area contributed by atoms with E-state index in [0.29, 0.717) is 63.4 Å². The predicted octanol–water partition coefficient (Wildman–Crippen LogP) is 7.71. The van der Waals surface area contributed by atoms with Crippen molar-refractivity contribution < 1.29 is 61.7 Å². The Morgan fingerprint density at radius 1 is 0.793 bits per heavy atom. The topological polar surface area (TPSA) is 253 Å². The summed E-state index contributed by atoms with van der Waals surface area (Å²) in [6.45, 7) is 26.5. The van der Waals surface area contributed by atoms with Crippen molar-refractivity contribution in [3.05, 3.63) is 83.7 Å². The molecule has 82 heavy (non-hydrogen) atoms. The Kier molecular flexibility index (Phi) is 45.8. The summed E-state index contributed by atoms with van der Waals surface area (Å²) in [6.07, 6.45) is 8.54. The van der Waals surface area contributed by atoms with E-state index >= 15 is 4.39 Å². The van der Waals surface area contributed by atoms with E-state index in [0.717, 1.165) is 36.1 Å². The number of carbonyl (C=O) groups excluding carboxylic acids is 7. The Hall–Kier alpha value is -6.29. The van der Waals surface area contributed by atoms with Crippen molar-refractivity contribution in [2.45, 2.75) is 153 Å². The van der Waals surface area contributed by atoms with Crippen LogP contribution < -0.4 is 27.0 Å². The van der Waals surface area contributed by atoms with E-state index in [-0.39, 0.29) is 58.0 Å². The average molecular weight is 1160 g/mol. The van der Waals surface area contributed by atoms with Crippen LogP contribution in [0.2, 0.25) is 0 Å². The van der Waals surface area contributed by atoms with Gasteiger partial charge in [0.2, 0.25) is 42.4 Å². The summed E-state index contributed by atoms with van der Waals surface area (Å²) < 4.78 is 47.3. The maximum atomic E-state index is 15.0. The molecule has 0 saturated carbocycles. The summed E-state index contributed by atoms with van der Waals surface area (Å²) in [6, 6.07) is 12.8. The molecule has 0 saturated heterocycles. The highest BCUT2D eigenvalue weighted by Crippen LogP contribution is 2.40. The predicted molar refractivity (Wildman–Crippen MR) is 319 cm³/mol. The van der Waals surface area contributed by atoms with Gasteiger partial charge in [-0.05, 0) is 60.9 Å². The van der Waals surface area contributed by atoms with Crippen LogP contribution in [0.1, 0.15) is 152 Å². The van der Waals surface area contributed by atoms with E-state index in [1.165, 1.54) is 30.6 Å². The molecule has 3 rings (SSSR count). The maximum Gasteiger partial charge on any atom is 0.246 e. The first kappa shape index (κ1) is 77.8. The first-order chi connectivity index (χ1) is 39.2. The van der Waals surface area contributed by atoms with Crippen molar-refractivity contribution in [1.29, 1.82) is 0 Å². The van der Waals surface area contributed by atoms with Crippen LogP contribution in [-0.4, -0.2) is 153 Å². The molecular weight excluding hydrogens is 1060 g/mol. The van der Waals surface area contributed by atoms with Gasteiger partial charge >= 0.3 is 0 Å². The van der Waals surface area contributed by atoms with E-state index in [1.807, 2.05) is 69.5 Å². The first-order valence-corrected chi connectivity index (χ1v) is 29.0. The van der Waals surface area contributed by atoms with E-state index in [1.54, 1.807) is 31.0 Å². The second kappa shape index (κ2) is 48.3. The third-order valence-electron chi connectivity index (χ3n) is 11.6. The molecule has 1 heterocycles. The minimum absolute atomic E-state index is 0.00367. The summed E-state index contributed by atoms with van der Waals surface area (Å²) in [5.41, 5.74) is 7.07. The molecule has 0 aliphatic heterocycles. The zero-order valence-electron chi connectivity index (χ0n) is 51.4. The number of primary amides is 1. The molecule has 7 amide bonds. The van der Waals surface area contributed by atoms with Crippen LogP contribution in [-0.2, 0) is 54.3 Å².